The van der Waals surface area contributed by atoms with E-state index in [2.05, 4.69) is 441 Å². The molecule has 0 saturated carbocycles. The minimum atomic E-state index is 0.186. The molecule has 6 aromatic rings. The third kappa shape index (κ3) is 30.3. The van der Waals surface area contributed by atoms with Crippen LogP contribution in [0.15, 0.2) is 119 Å². The summed E-state index contributed by atoms with van der Waals surface area (Å²) < 4.78 is 0. The maximum Gasteiger partial charge on any atom is -0.0129 e. The minimum Gasteiger partial charge on any atom is -0.0988 e. The lowest BCUT2D eigenvalue weighted by Gasteiger charge is -2.32. The summed E-state index contributed by atoms with van der Waals surface area (Å²) >= 11 is 0. The molecule has 0 radical (unpaired) electrons. The first-order chi connectivity index (χ1) is 50.7. The summed E-state index contributed by atoms with van der Waals surface area (Å²) in [6, 6.07) is 13.8. The zero-order chi connectivity index (χ0) is 91.3. The number of rotatable bonds is 8. The predicted octanol–water partition coefficient (Wildman–Crippen LogP) is 36.2. The Balaban J connectivity index is 0. The van der Waals surface area contributed by atoms with Crippen LogP contribution in [0.3, 0.4) is 0 Å². The van der Waals surface area contributed by atoms with E-state index >= 15 is 0 Å². The van der Waals surface area contributed by atoms with Gasteiger partial charge in [0.05, 0.1) is 0 Å². The lowest BCUT2D eigenvalue weighted by Crippen LogP contribution is -2.20. The fourth-order valence-corrected chi connectivity index (χ4v) is 15.0. The van der Waals surface area contributed by atoms with Gasteiger partial charge in [-0.05, 0) is 408 Å². The second-order valence-electron chi connectivity index (χ2n) is 42.3. The second kappa shape index (κ2) is 41.7. The summed E-state index contributed by atoms with van der Waals surface area (Å²) in [5.41, 5.74) is 54.6. The SMILES string of the molecule is C=C(C(C)(C)C)C(C)(C)C.C=C(C)C(=C)C(C)(C)C.C=C(C)c1cc(C(=C)C)c(C)c(C)c1C.C=C(C)c1cc(C(=C)C)c(C)c(C)c1C.C=C(C)c1cc(C(C)(C)C)c(C)c(C)c1C.C=C(C)c1cc(C(C)(C)C)c(C)c(C)c1C.C=C(C)c1cc(C(C)(C)C)c(C)c(C)c1C.Cc1c(C(C)(C)C)cc(C(C)(C)C)c(C)c1C. The van der Waals surface area contributed by atoms with Crippen molar-refractivity contribution in [3.8, 4) is 0 Å². The molecule has 0 N–H and O–H groups in total. The van der Waals surface area contributed by atoms with Gasteiger partial charge in [0, 0.05) is 0 Å². The number of benzene rings is 6. The smallest absolute Gasteiger partial charge is 0.0129 e. The van der Waals surface area contributed by atoms with E-state index in [0.717, 1.165) is 50.2 Å². The molecule has 0 saturated heterocycles. The summed E-state index contributed by atoms with van der Waals surface area (Å²) in [5, 5.41) is 0. The molecular weight excluding hydrogens is 1370 g/mol. The van der Waals surface area contributed by atoms with Crippen LogP contribution in [0.4, 0.5) is 0 Å². The monoisotopic (exact) mass is 1550 g/mol. The Morgan fingerprint density at radius 1 is 0.175 bits per heavy atom. The molecule has 0 aliphatic carbocycles. The van der Waals surface area contributed by atoms with Crippen LogP contribution < -0.4 is 0 Å². The van der Waals surface area contributed by atoms with Crippen molar-refractivity contribution >= 4 is 39.0 Å². The quantitative estimate of drug-likeness (QED) is 0.105. The predicted molar refractivity (Wildman–Crippen MR) is 532 cm³/mol. The normalized spacial score (nSPS) is 11.6. The zero-order valence-electron chi connectivity index (χ0n) is 84.5. The van der Waals surface area contributed by atoms with Crippen molar-refractivity contribution in [2.45, 2.75) is 373 Å². The Kier molecular flexibility index (Phi) is 39.8. The van der Waals surface area contributed by atoms with Crippen molar-refractivity contribution in [2.24, 2.45) is 16.2 Å². The third-order valence-corrected chi connectivity index (χ3v) is 23.8. The minimum absolute atomic E-state index is 0.186. The third-order valence-electron chi connectivity index (χ3n) is 23.8. The summed E-state index contributed by atoms with van der Waals surface area (Å²) in [6.45, 7) is 150. The van der Waals surface area contributed by atoms with Crippen LogP contribution in [0, 0.1) is 141 Å². The van der Waals surface area contributed by atoms with Crippen LogP contribution in [0.1, 0.15) is 388 Å². The van der Waals surface area contributed by atoms with E-state index in [1.54, 1.807) is 0 Å². The summed E-state index contributed by atoms with van der Waals surface area (Å²) in [5.74, 6) is 0. The van der Waals surface area contributed by atoms with E-state index in [4.69, 9.17) is 0 Å². The lowest BCUT2D eigenvalue weighted by molar-refractivity contribution is 0.364. The highest BCUT2D eigenvalue weighted by atomic mass is 14.3. The van der Waals surface area contributed by atoms with Gasteiger partial charge in [0.15, 0.2) is 0 Å². The van der Waals surface area contributed by atoms with Gasteiger partial charge in [-0.2, -0.15) is 0 Å². The molecule has 6 aromatic carbocycles. The first kappa shape index (κ1) is 109. The molecule has 0 atom stereocenters. The average Bonchev–Trinajstić information content (AvgIpc) is 0.783. The number of allylic oxidation sites excluding steroid dienone is 10. The van der Waals surface area contributed by atoms with E-state index in [-0.39, 0.29) is 43.3 Å². The van der Waals surface area contributed by atoms with Crippen LogP contribution in [-0.2, 0) is 27.1 Å². The largest absolute Gasteiger partial charge is 0.0988 e. The highest BCUT2D eigenvalue weighted by Gasteiger charge is 2.28. The van der Waals surface area contributed by atoms with Crippen molar-refractivity contribution in [3.05, 3.63) is 286 Å². The van der Waals surface area contributed by atoms with E-state index < -0.39 is 0 Å². The lowest BCUT2D eigenvalue weighted by atomic mass is 9.73. The van der Waals surface area contributed by atoms with Gasteiger partial charge in [-0.1, -0.05) is 306 Å². The van der Waals surface area contributed by atoms with Crippen LogP contribution in [0.25, 0.3) is 39.0 Å². The molecule has 0 aliphatic heterocycles. The molecule has 0 spiro atoms. The Morgan fingerprint density at radius 3 is 0.412 bits per heavy atom. The van der Waals surface area contributed by atoms with Gasteiger partial charge in [-0.25, -0.2) is 0 Å². The van der Waals surface area contributed by atoms with Crippen molar-refractivity contribution in [2.75, 3.05) is 0 Å². The van der Waals surface area contributed by atoms with E-state index in [1.165, 1.54) is 172 Å². The van der Waals surface area contributed by atoms with Crippen LogP contribution in [0.5, 0.6) is 0 Å². The maximum atomic E-state index is 4.10. The van der Waals surface area contributed by atoms with Crippen LogP contribution >= 0.6 is 0 Å². The molecule has 0 aromatic heterocycles. The first-order valence-corrected chi connectivity index (χ1v) is 42.0. The average molecular weight is 1550 g/mol. The molecule has 0 fully saturated rings. The van der Waals surface area contributed by atoms with Gasteiger partial charge in [0.1, 0.15) is 0 Å². The van der Waals surface area contributed by atoms with Gasteiger partial charge >= 0.3 is 0 Å². The van der Waals surface area contributed by atoms with Crippen molar-refractivity contribution < 1.29 is 0 Å². The maximum absolute atomic E-state index is 4.10. The fraction of sp³-hybridized carbons (Fsp3) is 0.509. The van der Waals surface area contributed by atoms with Crippen LogP contribution in [0.2, 0.25) is 0 Å². The molecule has 0 heteroatoms. The standard InChI is InChI=1S/C17H28.3C16H24.2C15H20.C10H20.C9H16/c1-11-12(2)14(16(4,5)6)10-15(13(11)3)17(7,8)9;3*1-10(2)14-9-15(16(6,7)8)13(5)11(3)12(14)4;2*1-9(2)14-8-15(10(3)4)13(7)11(5)12(14)6;1-8(9(2,3)4)10(5,6)7;1-7(2)8(3)9(4,5)6/h10H,1-9H3;3*9H,1H2,2-8H3;2*8H,1,3H2,2,4-7H3;1H2,2-7H3;1,3H2,2,4-6H3. The molecule has 6 rings (SSSR count). The molecule has 0 heterocycles. The molecule has 0 nitrogen and oxygen atoms in total. The topological polar surface area (TPSA) is 0 Å². The van der Waals surface area contributed by atoms with E-state index in [9.17, 15) is 0 Å². The van der Waals surface area contributed by atoms with Crippen molar-refractivity contribution in [3.63, 3.8) is 0 Å². The molecule has 0 bridgehead atoms. The summed E-state index contributed by atoms with van der Waals surface area (Å²) in [4.78, 5) is 0. The number of hydrogen-bond acceptors (Lipinski definition) is 0. The summed E-state index contributed by atoms with van der Waals surface area (Å²) in [7, 11) is 0. The van der Waals surface area contributed by atoms with Gasteiger partial charge in [0.2, 0.25) is 0 Å². The molecule has 0 unspecified atom stereocenters. The highest BCUT2D eigenvalue weighted by Crippen LogP contribution is 2.41. The van der Waals surface area contributed by atoms with E-state index in [1.807, 2.05) is 6.92 Å². The van der Waals surface area contributed by atoms with E-state index in [0.29, 0.717) is 0 Å². The Hall–Kier alpha value is -7.28. The van der Waals surface area contributed by atoms with Crippen molar-refractivity contribution in [1.82, 2.24) is 0 Å². The first-order valence-electron chi connectivity index (χ1n) is 42.0. The van der Waals surface area contributed by atoms with Crippen LogP contribution in [-0.4, -0.2) is 0 Å². The second-order valence-corrected chi connectivity index (χ2v) is 42.3. The van der Waals surface area contributed by atoms with Gasteiger partial charge in [0.25, 0.3) is 0 Å². The molecular formula is C114H176. The molecule has 0 amide bonds. The summed E-state index contributed by atoms with van der Waals surface area (Å²) in [6.07, 6.45) is 0. The molecule has 632 valence electrons. The fourth-order valence-electron chi connectivity index (χ4n) is 15.0. The molecule has 114 heavy (non-hydrogen) atoms. The Morgan fingerprint density at radius 2 is 0.307 bits per heavy atom. The zero-order valence-corrected chi connectivity index (χ0v) is 84.5. The van der Waals surface area contributed by atoms with Gasteiger partial charge < -0.3 is 0 Å². The highest BCUT2D eigenvalue weighted by molar-refractivity contribution is 5.77. The Bertz CT molecular complexity index is 4130. The Labute approximate surface area is 709 Å². The number of hydrogen-bond donors (Lipinski definition) is 0. The van der Waals surface area contributed by atoms with Gasteiger partial charge in [-0.15, -0.1) is 0 Å². The van der Waals surface area contributed by atoms with Crippen molar-refractivity contribution in [1.29, 1.82) is 0 Å². The van der Waals surface area contributed by atoms with Gasteiger partial charge in [-0.3, -0.25) is 0 Å². The molecule has 0 aliphatic rings.